The summed E-state index contributed by atoms with van der Waals surface area (Å²) in [6.07, 6.45) is 1.10. The zero-order chi connectivity index (χ0) is 30.7. The van der Waals surface area contributed by atoms with Crippen LogP contribution in [0.3, 0.4) is 0 Å². The predicted molar refractivity (Wildman–Crippen MR) is 166 cm³/mol. The molecule has 226 valence electrons. The highest BCUT2D eigenvalue weighted by molar-refractivity contribution is 7.20. The molecule has 1 aliphatic heterocycles. The largest absolute Gasteiger partial charge is 0.491 e. The second-order valence-corrected chi connectivity index (χ2v) is 12.7. The van der Waals surface area contributed by atoms with Crippen LogP contribution in [0.15, 0.2) is 48.5 Å². The van der Waals surface area contributed by atoms with Crippen LogP contribution >= 0.6 is 11.3 Å². The Balaban J connectivity index is 1.35. The molecule has 3 heterocycles. The molecule has 10 nitrogen and oxygen atoms in total. The van der Waals surface area contributed by atoms with Crippen LogP contribution in [0.1, 0.15) is 67.2 Å². The second-order valence-electron chi connectivity index (χ2n) is 11.7. The summed E-state index contributed by atoms with van der Waals surface area (Å²) in [6, 6.07) is 12.8. The summed E-state index contributed by atoms with van der Waals surface area (Å²) >= 11 is 1.26. The number of amides is 3. The van der Waals surface area contributed by atoms with Gasteiger partial charge in [-0.2, -0.15) is 0 Å². The predicted octanol–water partition coefficient (Wildman–Crippen LogP) is 4.60. The first kappa shape index (κ1) is 30.2. The van der Waals surface area contributed by atoms with E-state index in [4.69, 9.17) is 4.74 Å². The molecule has 0 radical (unpaired) electrons. The van der Waals surface area contributed by atoms with Crippen LogP contribution in [0.5, 0.6) is 5.75 Å². The van der Waals surface area contributed by atoms with Gasteiger partial charge in [-0.05, 0) is 75.4 Å². The third kappa shape index (κ3) is 7.22. The quantitative estimate of drug-likeness (QED) is 0.174. The summed E-state index contributed by atoms with van der Waals surface area (Å²) in [5, 5.41) is 9.62. The van der Waals surface area contributed by atoms with Crippen molar-refractivity contribution in [3.05, 3.63) is 59.2 Å². The molecule has 11 heteroatoms. The van der Waals surface area contributed by atoms with Crippen molar-refractivity contribution in [2.45, 2.75) is 65.1 Å². The smallest absolute Gasteiger partial charge is 0.268 e. The van der Waals surface area contributed by atoms with Gasteiger partial charge in [0.25, 0.3) is 5.91 Å². The van der Waals surface area contributed by atoms with E-state index in [1.165, 1.54) is 11.3 Å². The first-order valence-corrected chi connectivity index (χ1v) is 15.5. The van der Waals surface area contributed by atoms with Crippen LogP contribution in [0.2, 0.25) is 0 Å². The highest BCUT2D eigenvalue weighted by Gasteiger charge is 2.35. The van der Waals surface area contributed by atoms with Crippen molar-refractivity contribution >= 4 is 56.0 Å². The zero-order valence-electron chi connectivity index (χ0n) is 24.7. The average molecular weight is 604 g/mol. The Bertz CT molecular complexity index is 1630. The van der Waals surface area contributed by atoms with E-state index < -0.39 is 29.8 Å². The van der Waals surface area contributed by atoms with Gasteiger partial charge >= 0.3 is 0 Å². The molecule has 1 aliphatic rings. The van der Waals surface area contributed by atoms with Crippen molar-refractivity contribution in [1.82, 2.24) is 25.9 Å². The number of Topliss-reactive ketones (excluding diaryl/α,β-unsaturated/α-hetero) is 1. The number of carbonyl (C=O) groups excluding carboxylic acids is 4. The maximum Gasteiger partial charge on any atom is 0.268 e. The molecule has 2 aromatic carbocycles. The van der Waals surface area contributed by atoms with Crippen LogP contribution in [-0.4, -0.2) is 58.2 Å². The molecule has 0 saturated carbocycles. The number of hydrogen-bond donors (Lipinski definition) is 4. The fraction of sp³-hybridized carbons (Fsp3) is 0.406. The van der Waals surface area contributed by atoms with Crippen molar-refractivity contribution in [3.8, 4) is 5.75 Å². The number of hydrogen-bond acceptors (Lipinski definition) is 7. The molecule has 3 amide bonds. The monoisotopic (exact) mass is 603 g/mol. The maximum absolute atomic E-state index is 13.7. The SMILES string of the molecule is CC(C)C[C@H](NC(=O)c1cc2cc(OC(C)C)ccc2[nH]1)C(=O)N[C@@H](C[C@@H]1CCNC1=O)C(=O)c1nc2ccccc2s1. The number of benzene rings is 2. The molecule has 5 rings (SSSR count). The van der Waals surface area contributed by atoms with Gasteiger partial charge in [-0.1, -0.05) is 26.0 Å². The van der Waals surface area contributed by atoms with E-state index in [0.717, 1.165) is 15.6 Å². The zero-order valence-corrected chi connectivity index (χ0v) is 25.5. The summed E-state index contributed by atoms with van der Waals surface area (Å²) in [5.41, 5.74) is 1.77. The normalized spacial score (nSPS) is 16.4. The molecule has 0 spiro atoms. The molecule has 2 aromatic heterocycles. The number of ketones is 1. The van der Waals surface area contributed by atoms with E-state index in [0.29, 0.717) is 36.3 Å². The third-order valence-electron chi connectivity index (χ3n) is 7.36. The number of nitrogens with one attached hydrogen (secondary N) is 4. The topological polar surface area (TPSA) is 142 Å². The van der Waals surface area contributed by atoms with Crippen molar-refractivity contribution in [3.63, 3.8) is 0 Å². The lowest BCUT2D eigenvalue weighted by Gasteiger charge is -2.24. The Morgan fingerprint density at radius 2 is 1.84 bits per heavy atom. The van der Waals surface area contributed by atoms with Crippen molar-refractivity contribution < 1.29 is 23.9 Å². The van der Waals surface area contributed by atoms with Gasteiger partial charge in [0.15, 0.2) is 5.01 Å². The van der Waals surface area contributed by atoms with Crippen LogP contribution in [0, 0.1) is 11.8 Å². The minimum absolute atomic E-state index is 0.0166. The number of carbonyl (C=O) groups is 4. The molecule has 43 heavy (non-hydrogen) atoms. The first-order chi connectivity index (χ1) is 20.6. The Hall–Kier alpha value is -4.25. The third-order valence-corrected chi connectivity index (χ3v) is 8.41. The number of aromatic amines is 1. The van der Waals surface area contributed by atoms with Gasteiger partial charge in [0, 0.05) is 23.4 Å². The van der Waals surface area contributed by atoms with E-state index in [9.17, 15) is 19.2 Å². The van der Waals surface area contributed by atoms with E-state index in [-0.39, 0.29) is 35.1 Å². The Morgan fingerprint density at radius 1 is 1.05 bits per heavy atom. The number of nitrogens with zero attached hydrogens (tertiary/aromatic N) is 1. The summed E-state index contributed by atoms with van der Waals surface area (Å²) in [4.78, 5) is 60.8. The molecule has 0 aliphatic carbocycles. The highest BCUT2D eigenvalue weighted by atomic mass is 32.1. The van der Waals surface area contributed by atoms with Gasteiger partial charge in [-0.15, -0.1) is 11.3 Å². The fourth-order valence-electron chi connectivity index (χ4n) is 5.30. The number of rotatable bonds is 12. The number of aromatic nitrogens is 2. The van der Waals surface area contributed by atoms with Crippen LogP contribution in [-0.2, 0) is 9.59 Å². The van der Waals surface area contributed by atoms with E-state index in [1.54, 1.807) is 6.07 Å². The van der Waals surface area contributed by atoms with Gasteiger partial charge in [-0.3, -0.25) is 19.2 Å². The van der Waals surface area contributed by atoms with E-state index >= 15 is 0 Å². The van der Waals surface area contributed by atoms with Gasteiger partial charge in [0.1, 0.15) is 17.5 Å². The molecular weight excluding hydrogens is 566 g/mol. The standard InChI is InChI=1S/C32H37N5O5S/c1-17(2)13-25(36-31(41)26-16-20-14-21(42-18(3)4)9-10-22(20)34-26)30(40)35-24(15-19-11-12-33-29(19)39)28(38)32-37-23-7-5-6-8-27(23)43-32/h5-10,14,16-19,24-25,34H,11-13,15H2,1-4H3,(H,33,39)(H,35,40)(H,36,41)/t19-,24-,25-/m0/s1. The van der Waals surface area contributed by atoms with Crippen molar-refractivity contribution in [1.29, 1.82) is 0 Å². The molecule has 4 N–H and O–H groups in total. The molecular formula is C32H37N5O5S. The summed E-state index contributed by atoms with van der Waals surface area (Å²) in [5.74, 6) is -1.03. The summed E-state index contributed by atoms with van der Waals surface area (Å²) in [7, 11) is 0. The number of H-pyrrole nitrogens is 1. The average Bonchev–Trinajstić information content (AvgIpc) is 3.69. The van der Waals surface area contributed by atoms with Crippen LogP contribution < -0.4 is 20.7 Å². The van der Waals surface area contributed by atoms with Gasteiger partial charge < -0.3 is 25.7 Å². The number of ether oxygens (including phenoxy) is 1. The fourth-order valence-corrected chi connectivity index (χ4v) is 6.26. The van der Waals surface area contributed by atoms with E-state index in [2.05, 4.69) is 25.9 Å². The molecule has 4 aromatic rings. The molecule has 3 atom stereocenters. The number of thiazole rings is 1. The minimum atomic E-state index is -0.971. The maximum atomic E-state index is 13.7. The lowest BCUT2D eigenvalue weighted by atomic mass is 9.95. The molecule has 0 bridgehead atoms. The lowest BCUT2D eigenvalue weighted by Crippen LogP contribution is -2.52. The number of para-hydroxylation sites is 1. The summed E-state index contributed by atoms with van der Waals surface area (Å²) < 4.78 is 6.63. The Morgan fingerprint density at radius 3 is 2.53 bits per heavy atom. The second kappa shape index (κ2) is 12.9. The Labute approximate surface area is 254 Å². The van der Waals surface area contributed by atoms with Crippen LogP contribution in [0.25, 0.3) is 21.1 Å². The molecule has 1 saturated heterocycles. The molecule has 1 fully saturated rings. The van der Waals surface area contributed by atoms with Gasteiger partial charge in [-0.25, -0.2) is 4.98 Å². The number of fused-ring (bicyclic) bond motifs is 2. The highest BCUT2D eigenvalue weighted by Crippen LogP contribution is 2.26. The van der Waals surface area contributed by atoms with Gasteiger partial charge in [0.2, 0.25) is 17.6 Å². The van der Waals surface area contributed by atoms with Crippen molar-refractivity contribution in [2.24, 2.45) is 11.8 Å². The van der Waals surface area contributed by atoms with E-state index in [1.807, 2.05) is 70.2 Å². The summed E-state index contributed by atoms with van der Waals surface area (Å²) in [6.45, 7) is 8.33. The molecule has 0 unspecified atom stereocenters. The first-order valence-electron chi connectivity index (χ1n) is 14.7. The Kier molecular flexibility index (Phi) is 9.10. The van der Waals surface area contributed by atoms with Crippen molar-refractivity contribution in [2.75, 3.05) is 6.54 Å². The van der Waals surface area contributed by atoms with Gasteiger partial charge in [0.05, 0.1) is 22.4 Å². The minimum Gasteiger partial charge on any atom is -0.491 e. The van der Waals surface area contributed by atoms with Crippen LogP contribution in [0.4, 0.5) is 0 Å². The lowest BCUT2D eigenvalue weighted by molar-refractivity contribution is -0.125.